The zero-order valence-electron chi connectivity index (χ0n) is 13.1. The van der Waals surface area contributed by atoms with Gasteiger partial charge in [-0.05, 0) is 24.5 Å². The van der Waals surface area contributed by atoms with Gasteiger partial charge in [0.15, 0.2) is 5.69 Å². The summed E-state index contributed by atoms with van der Waals surface area (Å²) in [6.07, 6.45) is 6.93. The summed E-state index contributed by atoms with van der Waals surface area (Å²) in [6.45, 7) is 0.660. The average Bonchev–Trinajstić information content (AvgIpc) is 3.21. The van der Waals surface area contributed by atoms with Gasteiger partial charge < -0.3 is 10.0 Å². The van der Waals surface area contributed by atoms with Crippen LogP contribution in [0.25, 0.3) is 0 Å². The number of aromatic nitrogens is 2. The van der Waals surface area contributed by atoms with Crippen LogP contribution in [0.15, 0.2) is 36.7 Å². The standard InChI is InChI=1S/C18H17N3O3/c22-16(13-9-20-14(10-19-13)17(23)24)21-11-18(7-3-4-8-18)12-5-1-2-6-15(12)21/h1-2,5-6,9-10H,3-4,7-8,11H2,(H,23,24). The minimum atomic E-state index is -1.15. The summed E-state index contributed by atoms with van der Waals surface area (Å²) in [4.78, 5) is 33.4. The van der Waals surface area contributed by atoms with E-state index in [2.05, 4.69) is 16.0 Å². The third-order valence-corrected chi connectivity index (χ3v) is 5.12. The van der Waals surface area contributed by atoms with E-state index in [0.717, 1.165) is 24.7 Å². The molecule has 6 nitrogen and oxygen atoms in total. The van der Waals surface area contributed by atoms with Crippen molar-refractivity contribution >= 4 is 17.6 Å². The number of para-hydroxylation sites is 1. The highest BCUT2D eigenvalue weighted by Gasteiger charge is 2.46. The molecule has 2 aliphatic rings. The molecule has 0 saturated heterocycles. The van der Waals surface area contributed by atoms with E-state index in [0.29, 0.717) is 6.54 Å². The minimum Gasteiger partial charge on any atom is -0.476 e. The van der Waals surface area contributed by atoms with Crippen molar-refractivity contribution in [3.63, 3.8) is 0 Å². The first-order valence-electron chi connectivity index (χ1n) is 8.07. The summed E-state index contributed by atoms with van der Waals surface area (Å²) < 4.78 is 0. The van der Waals surface area contributed by atoms with Crippen molar-refractivity contribution in [1.29, 1.82) is 0 Å². The third kappa shape index (κ3) is 2.18. The molecule has 6 heteroatoms. The maximum Gasteiger partial charge on any atom is 0.356 e. The summed E-state index contributed by atoms with van der Waals surface area (Å²) in [6, 6.07) is 8.05. The number of nitrogens with zero attached hydrogens (tertiary/aromatic N) is 3. The maximum atomic E-state index is 12.9. The average molecular weight is 323 g/mol. The molecular weight excluding hydrogens is 306 g/mol. The highest BCUT2D eigenvalue weighted by Crippen LogP contribution is 2.50. The van der Waals surface area contributed by atoms with Gasteiger partial charge in [0.25, 0.3) is 5.91 Å². The largest absolute Gasteiger partial charge is 0.476 e. The van der Waals surface area contributed by atoms with Gasteiger partial charge in [0.2, 0.25) is 0 Å². The van der Waals surface area contributed by atoms with Crippen molar-refractivity contribution in [3.05, 3.63) is 53.6 Å². The summed E-state index contributed by atoms with van der Waals surface area (Å²) >= 11 is 0. The molecule has 1 amide bonds. The molecule has 1 aliphatic heterocycles. The van der Waals surface area contributed by atoms with Gasteiger partial charge in [-0.15, -0.1) is 0 Å². The second-order valence-corrected chi connectivity index (χ2v) is 6.49. The van der Waals surface area contributed by atoms with E-state index in [9.17, 15) is 9.59 Å². The molecule has 1 aromatic carbocycles. The number of hydrogen-bond donors (Lipinski definition) is 1. The van der Waals surface area contributed by atoms with Crippen LogP contribution in [0, 0.1) is 0 Å². The molecule has 4 rings (SSSR count). The molecule has 2 heterocycles. The van der Waals surface area contributed by atoms with Gasteiger partial charge in [0.05, 0.1) is 12.4 Å². The van der Waals surface area contributed by atoms with Gasteiger partial charge in [0.1, 0.15) is 5.69 Å². The summed E-state index contributed by atoms with van der Waals surface area (Å²) in [7, 11) is 0. The third-order valence-electron chi connectivity index (χ3n) is 5.12. The molecule has 2 aromatic rings. The fourth-order valence-corrected chi connectivity index (χ4v) is 3.98. The smallest absolute Gasteiger partial charge is 0.356 e. The van der Waals surface area contributed by atoms with Crippen molar-refractivity contribution in [2.45, 2.75) is 31.1 Å². The number of carboxylic acids is 1. The molecule has 0 radical (unpaired) electrons. The Hall–Kier alpha value is -2.76. The van der Waals surface area contributed by atoms with E-state index in [1.54, 1.807) is 4.90 Å². The number of hydrogen-bond acceptors (Lipinski definition) is 4. The van der Waals surface area contributed by atoms with Gasteiger partial charge >= 0.3 is 5.97 Å². The molecular formula is C18H17N3O3. The second-order valence-electron chi connectivity index (χ2n) is 6.49. The van der Waals surface area contributed by atoms with Crippen LogP contribution in [-0.2, 0) is 5.41 Å². The number of rotatable bonds is 2. The normalized spacial score (nSPS) is 17.9. The van der Waals surface area contributed by atoms with E-state index < -0.39 is 5.97 Å². The van der Waals surface area contributed by atoms with Crippen LogP contribution in [0.4, 0.5) is 5.69 Å². The first-order valence-corrected chi connectivity index (χ1v) is 8.07. The Kier molecular flexibility index (Phi) is 3.33. The van der Waals surface area contributed by atoms with Crippen LogP contribution in [-0.4, -0.2) is 33.5 Å². The lowest BCUT2D eigenvalue weighted by Crippen LogP contribution is -2.36. The summed E-state index contributed by atoms with van der Waals surface area (Å²) in [5, 5.41) is 8.90. The number of benzene rings is 1. The lowest BCUT2D eigenvalue weighted by atomic mass is 9.81. The molecule has 1 spiro atoms. The number of aromatic carboxylic acids is 1. The first-order chi connectivity index (χ1) is 11.6. The molecule has 1 aliphatic carbocycles. The Morgan fingerprint density at radius 2 is 1.71 bits per heavy atom. The van der Waals surface area contributed by atoms with Gasteiger partial charge in [-0.25, -0.2) is 14.8 Å². The second kappa shape index (κ2) is 5.40. The van der Waals surface area contributed by atoms with Gasteiger partial charge in [-0.1, -0.05) is 31.0 Å². The van der Waals surface area contributed by atoms with Crippen molar-refractivity contribution < 1.29 is 14.7 Å². The topological polar surface area (TPSA) is 83.4 Å². The predicted molar refractivity (Wildman–Crippen MR) is 87.3 cm³/mol. The molecule has 1 saturated carbocycles. The Labute approximate surface area is 139 Å². The van der Waals surface area contributed by atoms with Crippen molar-refractivity contribution in [1.82, 2.24) is 9.97 Å². The highest BCUT2D eigenvalue weighted by atomic mass is 16.4. The van der Waals surface area contributed by atoms with Crippen LogP contribution in [0.2, 0.25) is 0 Å². The number of fused-ring (bicyclic) bond motifs is 2. The van der Waals surface area contributed by atoms with E-state index >= 15 is 0 Å². The van der Waals surface area contributed by atoms with Crippen molar-refractivity contribution in [2.24, 2.45) is 0 Å². The molecule has 0 atom stereocenters. The van der Waals surface area contributed by atoms with Crippen LogP contribution in [0.5, 0.6) is 0 Å². The lowest BCUT2D eigenvalue weighted by Gasteiger charge is -2.24. The Balaban J connectivity index is 1.69. The molecule has 1 N–H and O–H groups in total. The Morgan fingerprint density at radius 3 is 2.38 bits per heavy atom. The van der Waals surface area contributed by atoms with E-state index in [1.807, 2.05) is 18.2 Å². The Morgan fingerprint density at radius 1 is 1.04 bits per heavy atom. The van der Waals surface area contributed by atoms with Crippen LogP contribution in [0.3, 0.4) is 0 Å². The fourth-order valence-electron chi connectivity index (χ4n) is 3.98. The fraction of sp³-hybridized carbons (Fsp3) is 0.333. The molecule has 0 bridgehead atoms. The molecule has 0 unspecified atom stereocenters. The quantitative estimate of drug-likeness (QED) is 0.918. The number of carbonyl (C=O) groups is 2. The summed E-state index contributed by atoms with van der Waals surface area (Å²) in [5.74, 6) is -1.38. The number of anilines is 1. The molecule has 24 heavy (non-hydrogen) atoms. The lowest BCUT2D eigenvalue weighted by molar-refractivity contribution is 0.0689. The van der Waals surface area contributed by atoms with Crippen LogP contribution < -0.4 is 4.90 Å². The van der Waals surface area contributed by atoms with Gasteiger partial charge in [-0.3, -0.25) is 4.79 Å². The zero-order chi connectivity index (χ0) is 16.7. The zero-order valence-corrected chi connectivity index (χ0v) is 13.1. The highest BCUT2D eigenvalue weighted by molar-refractivity contribution is 6.06. The minimum absolute atomic E-state index is 0.0562. The van der Waals surface area contributed by atoms with Crippen molar-refractivity contribution in [3.8, 4) is 0 Å². The summed E-state index contributed by atoms with van der Waals surface area (Å²) in [5.41, 5.74) is 2.24. The van der Waals surface area contributed by atoms with Gasteiger partial charge in [0, 0.05) is 17.6 Å². The Bertz CT molecular complexity index is 811. The maximum absolute atomic E-state index is 12.9. The van der Waals surface area contributed by atoms with E-state index in [-0.39, 0.29) is 22.7 Å². The van der Waals surface area contributed by atoms with Crippen LogP contribution in [0.1, 0.15) is 52.2 Å². The number of carboxylic acid groups (broad SMARTS) is 1. The first kappa shape index (κ1) is 14.8. The monoisotopic (exact) mass is 323 g/mol. The molecule has 122 valence electrons. The predicted octanol–water partition coefficient (Wildman–Crippen LogP) is 2.65. The SMILES string of the molecule is O=C(O)c1cnc(C(=O)N2CC3(CCCC3)c3ccccc32)cn1. The molecule has 1 fully saturated rings. The molecule has 1 aromatic heterocycles. The van der Waals surface area contributed by atoms with E-state index in [1.165, 1.54) is 24.6 Å². The number of amides is 1. The van der Waals surface area contributed by atoms with Crippen molar-refractivity contribution in [2.75, 3.05) is 11.4 Å². The van der Waals surface area contributed by atoms with E-state index in [4.69, 9.17) is 5.11 Å². The number of carbonyl (C=O) groups excluding carboxylic acids is 1. The van der Waals surface area contributed by atoms with Crippen LogP contribution >= 0.6 is 0 Å². The van der Waals surface area contributed by atoms with Gasteiger partial charge in [-0.2, -0.15) is 0 Å².